The minimum atomic E-state index is -0.462. The number of benzene rings is 2. The summed E-state index contributed by atoms with van der Waals surface area (Å²) >= 11 is 1.75. The Labute approximate surface area is 218 Å². The molecular weight excluding hydrogens is 480 g/mol. The number of nitrogens with zero attached hydrogens (tertiary/aromatic N) is 3. The Morgan fingerprint density at radius 1 is 1.05 bits per heavy atom. The largest absolute Gasteiger partial charge is 0.390 e. The van der Waals surface area contributed by atoms with Gasteiger partial charge in [-0.25, -0.2) is 4.98 Å². The molecule has 37 heavy (non-hydrogen) atoms. The number of aliphatic hydroxyl groups is 1. The van der Waals surface area contributed by atoms with Gasteiger partial charge in [0.15, 0.2) is 0 Å². The molecule has 0 saturated carbocycles. The van der Waals surface area contributed by atoms with Crippen LogP contribution in [0.15, 0.2) is 85.6 Å². The third-order valence-corrected chi connectivity index (χ3v) is 7.58. The smallest absolute Gasteiger partial charge is 0.0946 e. The molecule has 2 aromatic carbocycles. The molecule has 0 bridgehead atoms. The van der Waals surface area contributed by atoms with E-state index in [0.29, 0.717) is 19.6 Å². The van der Waals surface area contributed by atoms with Gasteiger partial charge in [0.2, 0.25) is 0 Å². The lowest BCUT2D eigenvalue weighted by Gasteiger charge is -2.12. The second-order valence-electron chi connectivity index (χ2n) is 9.30. The second kappa shape index (κ2) is 10.2. The van der Waals surface area contributed by atoms with Gasteiger partial charge in [-0.2, -0.15) is 0 Å². The summed E-state index contributed by atoms with van der Waals surface area (Å²) in [5, 5.41) is 18.3. The minimum Gasteiger partial charge on any atom is -0.390 e. The van der Waals surface area contributed by atoms with Crippen LogP contribution in [-0.4, -0.2) is 37.3 Å². The third kappa shape index (κ3) is 5.27. The number of H-pyrrole nitrogens is 1. The molecule has 0 spiro atoms. The maximum Gasteiger partial charge on any atom is 0.0946 e. The number of imidazole rings is 1. The zero-order valence-electron chi connectivity index (χ0n) is 20.5. The van der Waals surface area contributed by atoms with E-state index in [1.807, 2.05) is 23.0 Å². The number of hydrogen-bond donors (Lipinski definition) is 4. The number of hydrogen-bond acceptors (Lipinski definition) is 6. The maximum atomic E-state index is 10.2. The van der Waals surface area contributed by atoms with Gasteiger partial charge in [0.25, 0.3) is 0 Å². The van der Waals surface area contributed by atoms with E-state index in [0.717, 1.165) is 32.8 Å². The Bertz CT molecular complexity index is 1630. The van der Waals surface area contributed by atoms with Crippen molar-refractivity contribution in [3.05, 3.63) is 96.8 Å². The number of aryl methyl sites for hydroxylation is 1. The lowest BCUT2D eigenvalue weighted by molar-refractivity contribution is 0.151. The Morgan fingerprint density at radius 2 is 1.95 bits per heavy atom. The van der Waals surface area contributed by atoms with Gasteiger partial charge >= 0.3 is 0 Å². The van der Waals surface area contributed by atoms with E-state index in [9.17, 15) is 5.11 Å². The van der Waals surface area contributed by atoms with Crippen molar-refractivity contribution in [3.8, 4) is 10.4 Å². The molecule has 7 nitrogen and oxygen atoms in total. The molecule has 6 aromatic rings. The van der Waals surface area contributed by atoms with Crippen LogP contribution in [0, 0.1) is 6.92 Å². The minimum absolute atomic E-state index is 0.462. The molecule has 4 heterocycles. The van der Waals surface area contributed by atoms with Crippen LogP contribution in [0.3, 0.4) is 0 Å². The van der Waals surface area contributed by atoms with Gasteiger partial charge in [0, 0.05) is 58.8 Å². The molecular formula is C29H28N6OS. The number of thiophene rings is 1. The number of fused-ring (bicyclic) bond motifs is 2. The standard InChI is InChI=1S/C29H28N6OS/c1-19-12-22-13-23(6-7-25(22)33-19)34-26-8-9-32-27-14-28(37-29(26)27)21-4-2-20(3-5-21)15-31-16-24(36)17-35-11-10-30-18-35/h2-14,18,24,31,33,36H,15-17H2,1H3,(H,32,34). The molecule has 0 aliphatic rings. The zero-order chi connectivity index (χ0) is 25.2. The van der Waals surface area contributed by atoms with Crippen LogP contribution in [0.25, 0.3) is 31.6 Å². The fourth-order valence-electron chi connectivity index (χ4n) is 4.56. The summed E-state index contributed by atoms with van der Waals surface area (Å²) in [6.45, 7) is 3.83. The second-order valence-corrected chi connectivity index (χ2v) is 10.4. The first-order valence-corrected chi connectivity index (χ1v) is 13.1. The molecule has 1 atom stereocenters. The Morgan fingerprint density at radius 3 is 2.78 bits per heavy atom. The van der Waals surface area contributed by atoms with E-state index in [-0.39, 0.29) is 0 Å². The van der Waals surface area contributed by atoms with E-state index >= 15 is 0 Å². The molecule has 0 aliphatic carbocycles. The normalized spacial score (nSPS) is 12.4. The Kier molecular flexibility index (Phi) is 6.44. The summed E-state index contributed by atoms with van der Waals surface area (Å²) in [6.07, 6.45) is 6.68. The van der Waals surface area contributed by atoms with E-state index < -0.39 is 6.10 Å². The first kappa shape index (κ1) is 23.4. The van der Waals surface area contributed by atoms with Crippen molar-refractivity contribution in [3.63, 3.8) is 0 Å². The molecule has 4 aromatic heterocycles. The number of aliphatic hydroxyl groups excluding tert-OH is 1. The van der Waals surface area contributed by atoms with Gasteiger partial charge < -0.3 is 25.3 Å². The van der Waals surface area contributed by atoms with E-state index in [1.54, 1.807) is 23.9 Å². The lowest BCUT2D eigenvalue weighted by atomic mass is 10.1. The van der Waals surface area contributed by atoms with Crippen LogP contribution in [-0.2, 0) is 13.1 Å². The number of pyridine rings is 1. The quantitative estimate of drug-likeness (QED) is 0.197. The first-order valence-electron chi connectivity index (χ1n) is 12.3. The SMILES string of the molecule is Cc1cc2cc(Nc3ccnc4cc(-c5ccc(CNCC(O)Cn6ccnc6)cc5)sc34)ccc2[nH]1. The van der Waals surface area contributed by atoms with Gasteiger partial charge in [0.1, 0.15) is 0 Å². The van der Waals surface area contributed by atoms with Crippen molar-refractivity contribution in [2.45, 2.75) is 26.1 Å². The summed E-state index contributed by atoms with van der Waals surface area (Å²) in [4.78, 5) is 13.2. The molecule has 0 radical (unpaired) electrons. The lowest BCUT2D eigenvalue weighted by Crippen LogP contribution is -2.29. The number of anilines is 2. The van der Waals surface area contributed by atoms with Crippen molar-refractivity contribution in [1.29, 1.82) is 0 Å². The molecule has 0 saturated heterocycles. The summed E-state index contributed by atoms with van der Waals surface area (Å²) in [5.41, 5.74) is 7.75. The zero-order valence-corrected chi connectivity index (χ0v) is 21.3. The van der Waals surface area contributed by atoms with Gasteiger partial charge in [-0.3, -0.25) is 4.98 Å². The van der Waals surface area contributed by atoms with Crippen molar-refractivity contribution < 1.29 is 5.11 Å². The van der Waals surface area contributed by atoms with Crippen molar-refractivity contribution >= 4 is 43.8 Å². The predicted molar refractivity (Wildman–Crippen MR) is 151 cm³/mol. The fourth-order valence-corrected chi connectivity index (χ4v) is 5.65. The van der Waals surface area contributed by atoms with Crippen LogP contribution in [0.5, 0.6) is 0 Å². The van der Waals surface area contributed by atoms with Crippen molar-refractivity contribution in [2.75, 3.05) is 11.9 Å². The van der Waals surface area contributed by atoms with Gasteiger partial charge in [-0.05, 0) is 54.4 Å². The Hall–Kier alpha value is -3.98. The highest BCUT2D eigenvalue weighted by atomic mass is 32.1. The summed E-state index contributed by atoms with van der Waals surface area (Å²) in [5.74, 6) is 0. The highest BCUT2D eigenvalue weighted by Crippen LogP contribution is 2.37. The number of rotatable bonds is 9. The molecule has 0 fully saturated rings. The van der Waals surface area contributed by atoms with Crippen LogP contribution < -0.4 is 10.6 Å². The van der Waals surface area contributed by atoms with Crippen molar-refractivity contribution in [2.24, 2.45) is 0 Å². The monoisotopic (exact) mass is 508 g/mol. The predicted octanol–water partition coefficient (Wildman–Crippen LogP) is 5.84. The molecule has 6 rings (SSSR count). The highest BCUT2D eigenvalue weighted by molar-refractivity contribution is 7.22. The van der Waals surface area contributed by atoms with Crippen LogP contribution in [0.1, 0.15) is 11.3 Å². The van der Waals surface area contributed by atoms with E-state index in [4.69, 9.17) is 0 Å². The summed E-state index contributed by atoms with van der Waals surface area (Å²) in [7, 11) is 0. The molecule has 0 aliphatic heterocycles. The summed E-state index contributed by atoms with van der Waals surface area (Å²) in [6, 6.07) is 21.3. The van der Waals surface area contributed by atoms with Gasteiger partial charge in [-0.1, -0.05) is 24.3 Å². The average Bonchev–Trinajstić information content (AvgIpc) is 3.64. The maximum absolute atomic E-state index is 10.2. The van der Waals surface area contributed by atoms with Gasteiger partial charge in [0.05, 0.1) is 34.9 Å². The van der Waals surface area contributed by atoms with E-state index in [2.05, 4.69) is 87.1 Å². The molecule has 1 unspecified atom stereocenters. The Balaban J connectivity index is 1.13. The molecule has 8 heteroatoms. The van der Waals surface area contributed by atoms with E-state index in [1.165, 1.54) is 21.4 Å². The van der Waals surface area contributed by atoms with Crippen molar-refractivity contribution in [1.82, 2.24) is 24.8 Å². The number of aromatic amines is 1. The summed E-state index contributed by atoms with van der Waals surface area (Å²) < 4.78 is 3.02. The molecule has 4 N–H and O–H groups in total. The van der Waals surface area contributed by atoms with Crippen LogP contribution in [0.4, 0.5) is 11.4 Å². The number of nitrogens with one attached hydrogen (secondary N) is 3. The fraction of sp³-hybridized carbons (Fsp3) is 0.172. The average molecular weight is 509 g/mol. The molecule has 0 amide bonds. The topological polar surface area (TPSA) is 90.8 Å². The first-order chi connectivity index (χ1) is 18.1. The third-order valence-electron chi connectivity index (χ3n) is 6.37. The van der Waals surface area contributed by atoms with Crippen LogP contribution in [0.2, 0.25) is 0 Å². The van der Waals surface area contributed by atoms with Gasteiger partial charge in [-0.15, -0.1) is 11.3 Å². The molecule has 186 valence electrons. The highest BCUT2D eigenvalue weighted by Gasteiger charge is 2.11. The van der Waals surface area contributed by atoms with Crippen LogP contribution >= 0.6 is 11.3 Å². The number of aromatic nitrogens is 4.